The molecule has 0 aromatic carbocycles. The lowest BCUT2D eigenvalue weighted by Gasteiger charge is -2.21. The van der Waals surface area contributed by atoms with E-state index in [-0.39, 0.29) is 12.1 Å². The third-order valence-electron chi connectivity index (χ3n) is 1.88. The van der Waals surface area contributed by atoms with E-state index < -0.39 is 5.41 Å². The van der Waals surface area contributed by atoms with Crippen LogP contribution in [0, 0.1) is 5.41 Å². The minimum atomic E-state index is -0.591. The van der Waals surface area contributed by atoms with Gasteiger partial charge in [-0.3, -0.25) is 4.79 Å². The number of hydrogen-bond donors (Lipinski definition) is 0. The zero-order valence-electron chi connectivity index (χ0n) is 10.3. The van der Waals surface area contributed by atoms with Crippen LogP contribution in [-0.2, 0) is 19.0 Å². The lowest BCUT2D eigenvalue weighted by Crippen LogP contribution is -2.31. The lowest BCUT2D eigenvalue weighted by atomic mass is 9.95. The summed E-state index contributed by atoms with van der Waals surface area (Å²) in [4.78, 5) is 11.3. The zero-order chi connectivity index (χ0) is 11.9. The van der Waals surface area contributed by atoms with Gasteiger partial charge in [0.15, 0.2) is 0 Å². The number of ether oxygens (including phenoxy) is 3. The van der Waals surface area contributed by atoms with Crippen molar-refractivity contribution >= 4 is 5.97 Å². The van der Waals surface area contributed by atoms with Crippen molar-refractivity contribution in [3.63, 3.8) is 0 Å². The van der Waals surface area contributed by atoms with Crippen LogP contribution in [0.3, 0.4) is 0 Å². The molecule has 90 valence electrons. The Morgan fingerprint density at radius 2 is 1.87 bits per heavy atom. The molecule has 0 rings (SSSR count). The van der Waals surface area contributed by atoms with Gasteiger partial charge in [-0.25, -0.2) is 0 Å². The molecule has 0 aliphatic heterocycles. The Morgan fingerprint density at radius 3 is 2.33 bits per heavy atom. The molecule has 0 aliphatic rings. The fourth-order valence-electron chi connectivity index (χ4n) is 1.01. The molecule has 0 aromatic rings. The Labute approximate surface area is 91.9 Å². The summed E-state index contributed by atoms with van der Waals surface area (Å²) in [6.45, 7) is 8.93. The SMILES string of the molecule is COC(=O)C(C)(C)COCCOC(C)C. The molecule has 0 saturated carbocycles. The van der Waals surface area contributed by atoms with Gasteiger partial charge in [-0.15, -0.1) is 0 Å². The zero-order valence-corrected chi connectivity index (χ0v) is 10.3. The Morgan fingerprint density at radius 1 is 1.27 bits per heavy atom. The van der Waals surface area contributed by atoms with Gasteiger partial charge in [0.1, 0.15) is 0 Å². The van der Waals surface area contributed by atoms with E-state index in [9.17, 15) is 4.79 Å². The summed E-state index contributed by atoms with van der Waals surface area (Å²) in [6, 6.07) is 0. The van der Waals surface area contributed by atoms with Crippen LogP contribution in [0.1, 0.15) is 27.7 Å². The average molecular weight is 218 g/mol. The van der Waals surface area contributed by atoms with Crippen LogP contribution in [0.2, 0.25) is 0 Å². The van der Waals surface area contributed by atoms with E-state index >= 15 is 0 Å². The van der Waals surface area contributed by atoms with Crippen LogP contribution >= 0.6 is 0 Å². The molecular weight excluding hydrogens is 196 g/mol. The van der Waals surface area contributed by atoms with Crippen LogP contribution < -0.4 is 0 Å². The van der Waals surface area contributed by atoms with Gasteiger partial charge in [-0.05, 0) is 27.7 Å². The fourth-order valence-corrected chi connectivity index (χ4v) is 1.01. The molecule has 0 radical (unpaired) electrons. The molecule has 0 unspecified atom stereocenters. The Balaban J connectivity index is 3.62. The highest BCUT2D eigenvalue weighted by molar-refractivity contribution is 5.75. The maximum atomic E-state index is 11.3. The molecule has 0 aliphatic carbocycles. The van der Waals surface area contributed by atoms with Crippen molar-refractivity contribution in [3.05, 3.63) is 0 Å². The van der Waals surface area contributed by atoms with Gasteiger partial charge in [-0.2, -0.15) is 0 Å². The number of carbonyl (C=O) groups excluding carboxylic acids is 1. The molecule has 0 saturated heterocycles. The van der Waals surface area contributed by atoms with Gasteiger partial charge in [0, 0.05) is 0 Å². The molecule has 0 fully saturated rings. The molecule has 0 spiro atoms. The predicted octanol–water partition coefficient (Wildman–Crippen LogP) is 1.63. The first kappa shape index (κ1) is 14.4. The van der Waals surface area contributed by atoms with Crippen LogP contribution in [0.5, 0.6) is 0 Å². The van der Waals surface area contributed by atoms with Crippen molar-refractivity contribution in [1.29, 1.82) is 0 Å². The topological polar surface area (TPSA) is 44.8 Å². The Kier molecular flexibility index (Phi) is 6.52. The molecule has 4 heteroatoms. The fraction of sp³-hybridized carbons (Fsp3) is 0.909. The molecule has 0 aromatic heterocycles. The van der Waals surface area contributed by atoms with Crippen LogP contribution in [0.15, 0.2) is 0 Å². The van der Waals surface area contributed by atoms with E-state index in [1.165, 1.54) is 7.11 Å². The quantitative estimate of drug-likeness (QED) is 0.481. The van der Waals surface area contributed by atoms with E-state index in [2.05, 4.69) is 4.74 Å². The summed E-state index contributed by atoms with van der Waals surface area (Å²) >= 11 is 0. The van der Waals surface area contributed by atoms with E-state index in [0.29, 0.717) is 19.8 Å². The lowest BCUT2D eigenvalue weighted by molar-refractivity contribution is -0.154. The molecule has 0 bridgehead atoms. The summed E-state index contributed by atoms with van der Waals surface area (Å²) in [6.07, 6.45) is 0.210. The minimum Gasteiger partial charge on any atom is -0.469 e. The highest BCUT2D eigenvalue weighted by Gasteiger charge is 2.28. The van der Waals surface area contributed by atoms with Gasteiger partial charge in [0.05, 0.1) is 38.4 Å². The van der Waals surface area contributed by atoms with Crippen molar-refractivity contribution in [3.8, 4) is 0 Å². The van der Waals surface area contributed by atoms with Crippen LogP contribution in [0.25, 0.3) is 0 Å². The van der Waals surface area contributed by atoms with E-state index in [1.54, 1.807) is 13.8 Å². The standard InChI is InChI=1S/C11H22O4/c1-9(2)15-7-6-14-8-11(3,4)10(12)13-5/h9H,6-8H2,1-5H3. The van der Waals surface area contributed by atoms with Gasteiger partial charge < -0.3 is 14.2 Å². The molecule has 4 nitrogen and oxygen atoms in total. The van der Waals surface area contributed by atoms with Crippen molar-refractivity contribution in [2.45, 2.75) is 33.8 Å². The van der Waals surface area contributed by atoms with Crippen molar-refractivity contribution < 1.29 is 19.0 Å². The molecule has 0 heterocycles. The Bertz CT molecular complexity index is 187. The summed E-state index contributed by atoms with van der Waals surface area (Å²) in [5.41, 5.74) is -0.591. The second-order valence-electron chi connectivity index (χ2n) is 4.35. The Hall–Kier alpha value is -0.610. The van der Waals surface area contributed by atoms with Gasteiger partial charge >= 0.3 is 5.97 Å². The number of methoxy groups -OCH3 is 1. The van der Waals surface area contributed by atoms with Gasteiger partial charge in [0.25, 0.3) is 0 Å². The molecule has 0 atom stereocenters. The van der Waals surface area contributed by atoms with E-state index in [0.717, 1.165) is 0 Å². The van der Waals surface area contributed by atoms with Crippen LogP contribution in [-0.4, -0.2) is 39.0 Å². The highest BCUT2D eigenvalue weighted by Crippen LogP contribution is 2.17. The monoisotopic (exact) mass is 218 g/mol. The summed E-state index contributed by atoms with van der Waals surface area (Å²) < 4.78 is 15.3. The number of rotatable bonds is 7. The average Bonchev–Trinajstić information content (AvgIpc) is 2.15. The first-order valence-corrected chi connectivity index (χ1v) is 5.18. The first-order chi connectivity index (χ1) is 6.90. The second-order valence-corrected chi connectivity index (χ2v) is 4.35. The maximum Gasteiger partial charge on any atom is 0.313 e. The third-order valence-corrected chi connectivity index (χ3v) is 1.88. The highest BCUT2D eigenvalue weighted by atomic mass is 16.5. The summed E-state index contributed by atoms with van der Waals surface area (Å²) in [7, 11) is 1.38. The van der Waals surface area contributed by atoms with Gasteiger partial charge in [0.2, 0.25) is 0 Å². The molecule has 0 N–H and O–H groups in total. The third kappa shape index (κ3) is 6.47. The first-order valence-electron chi connectivity index (χ1n) is 5.18. The maximum absolute atomic E-state index is 11.3. The van der Waals surface area contributed by atoms with E-state index in [1.807, 2.05) is 13.8 Å². The molecular formula is C11H22O4. The summed E-state index contributed by atoms with van der Waals surface area (Å²) in [5, 5.41) is 0. The summed E-state index contributed by atoms with van der Waals surface area (Å²) in [5.74, 6) is -0.257. The smallest absolute Gasteiger partial charge is 0.313 e. The number of esters is 1. The van der Waals surface area contributed by atoms with Crippen LogP contribution in [0.4, 0.5) is 0 Å². The molecule has 15 heavy (non-hydrogen) atoms. The normalized spacial score (nSPS) is 11.9. The number of hydrogen-bond acceptors (Lipinski definition) is 4. The van der Waals surface area contributed by atoms with Crippen molar-refractivity contribution in [2.24, 2.45) is 5.41 Å². The molecule has 0 amide bonds. The predicted molar refractivity (Wildman–Crippen MR) is 57.7 cm³/mol. The van der Waals surface area contributed by atoms with Crippen molar-refractivity contribution in [2.75, 3.05) is 26.9 Å². The van der Waals surface area contributed by atoms with Gasteiger partial charge in [-0.1, -0.05) is 0 Å². The second kappa shape index (κ2) is 6.80. The van der Waals surface area contributed by atoms with Crippen molar-refractivity contribution in [1.82, 2.24) is 0 Å². The minimum absolute atomic E-state index is 0.210. The number of carbonyl (C=O) groups is 1. The largest absolute Gasteiger partial charge is 0.469 e. The van der Waals surface area contributed by atoms with E-state index in [4.69, 9.17) is 9.47 Å².